The molecule has 0 unspecified atom stereocenters. The molecule has 0 amide bonds. The van der Waals surface area contributed by atoms with Crippen LogP contribution in [0, 0.1) is 5.82 Å². The third-order valence-corrected chi connectivity index (χ3v) is 4.88. The van der Waals surface area contributed by atoms with Gasteiger partial charge in [0.1, 0.15) is 0 Å². The summed E-state index contributed by atoms with van der Waals surface area (Å²) >= 11 is 0. The van der Waals surface area contributed by atoms with Crippen molar-refractivity contribution in [2.45, 2.75) is 17.9 Å². The van der Waals surface area contributed by atoms with Crippen LogP contribution in [0.4, 0.5) is 4.39 Å². The fraction of sp³-hybridized carbons (Fsp3) is 0.278. The first kappa shape index (κ1) is 23.2. The van der Waals surface area contributed by atoms with Crippen LogP contribution in [0.1, 0.15) is 11.1 Å². The van der Waals surface area contributed by atoms with E-state index in [-0.39, 0.29) is 29.7 Å². The van der Waals surface area contributed by atoms with Gasteiger partial charge in [-0.3, -0.25) is 4.99 Å². The van der Waals surface area contributed by atoms with Gasteiger partial charge in [0.2, 0.25) is 0 Å². The minimum atomic E-state index is -3.18. The number of nitrogens with one attached hydrogen (secondary N) is 2. The molecule has 2 rings (SSSR count). The molecule has 0 bridgehead atoms. The molecule has 6 nitrogen and oxygen atoms in total. The van der Waals surface area contributed by atoms with Crippen molar-refractivity contribution in [2.24, 2.45) is 4.99 Å². The van der Waals surface area contributed by atoms with Crippen molar-refractivity contribution in [1.29, 1.82) is 0 Å². The number of hydrogen-bond acceptors (Lipinski definition) is 4. The monoisotopic (exact) mass is 507 g/mol. The Morgan fingerprint density at radius 3 is 2.30 bits per heavy atom. The lowest BCUT2D eigenvalue weighted by molar-refractivity contribution is 0.431. The third-order valence-electron chi connectivity index (χ3n) is 3.75. The Balaban J connectivity index is 0.00000364. The Kier molecular flexibility index (Phi) is 8.97. The van der Waals surface area contributed by atoms with Gasteiger partial charge in [0.15, 0.2) is 27.4 Å². The second-order valence-electron chi connectivity index (χ2n) is 5.80. The molecule has 0 heterocycles. The summed E-state index contributed by atoms with van der Waals surface area (Å²) in [7, 11) is -1.55. The molecule has 2 aromatic carbocycles. The van der Waals surface area contributed by atoms with E-state index in [9.17, 15) is 17.9 Å². The second kappa shape index (κ2) is 10.5. The lowest BCUT2D eigenvalue weighted by Crippen LogP contribution is -2.37. The zero-order valence-electron chi connectivity index (χ0n) is 15.1. The molecule has 0 saturated carbocycles. The first-order valence-corrected chi connectivity index (χ1v) is 9.89. The molecule has 2 aromatic rings. The van der Waals surface area contributed by atoms with Gasteiger partial charge >= 0.3 is 0 Å². The van der Waals surface area contributed by atoms with Crippen molar-refractivity contribution in [2.75, 3.05) is 19.8 Å². The van der Waals surface area contributed by atoms with Gasteiger partial charge < -0.3 is 15.7 Å². The number of aliphatic imine (C=N–C) groups is 1. The summed E-state index contributed by atoms with van der Waals surface area (Å²) in [5.74, 6) is -0.478. The first-order valence-electron chi connectivity index (χ1n) is 8.00. The summed E-state index contributed by atoms with van der Waals surface area (Å²) in [6.45, 7) is 0.960. The van der Waals surface area contributed by atoms with Gasteiger partial charge in [0.25, 0.3) is 0 Å². The molecule has 0 aliphatic carbocycles. The highest BCUT2D eigenvalue weighted by molar-refractivity contribution is 14.0. The standard InChI is InChI=1S/C18H22FN3O3S.HI/c1-20-18(22-12-14-5-8-17(23)16(19)11-14)21-10-9-13-3-6-15(7-4-13)26(2,24)25;/h3-8,11,23H,9-10,12H2,1-2H3,(H2,20,21,22);1H. The summed E-state index contributed by atoms with van der Waals surface area (Å²) in [6.07, 6.45) is 1.87. The molecule has 0 aliphatic heterocycles. The molecule has 0 aromatic heterocycles. The summed E-state index contributed by atoms with van der Waals surface area (Å²) in [6, 6.07) is 11.0. The molecule has 0 aliphatic rings. The van der Waals surface area contributed by atoms with E-state index in [1.54, 1.807) is 37.4 Å². The summed E-state index contributed by atoms with van der Waals surface area (Å²) in [5, 5.41) is 15.4. The van der Waals surface area contributed by atoms with Crippen molar-refractivity contribution in [3.05, 3.63) is 59.4 Å². The second-order valence-corrected chi connectivity index (χ2v) is 7.82. The molecule has 0 atom stereocenters. The third kappa shape index (κ3) is 7.33. The van der Waals surface area contributed by atoms with Crippen molar-refractivity contribution in [3.8, 4) is 5.75 Å². The normalized spacial score (nSPS) is 11.6. The highest BCUT2D eigenvalue weighted by Gasteiger charge is 2.06. The zero-order chi connectivity index (χ0) is 19.2. The minimum Gasteiger partial charge on any atom is -0.505 e. The van der Waals surface area contributed by atoms with E-state index in [0.29, 0.717) is 35.9 Å². The molecule has 27 heavy (non-hydrogen) atoms. The van der Waals surface area contributed by atoms with Crippen LogP contribution in [0.15, 0.2) is 52.4 Å². The van der Waals surface area contributed by atoms with Crippen LogP contribution in [0.5, 0.6) is 5.75 Å². The highest BCUT2D eigenvalue weighted by atomic mass is 127. The van der Waals surface area contributed by atoms with Gasteiger partial charge in [0.05, 0.1) is 4.90 Å². The Hall–Kier alpha value is -1.88. The maximum Gasteiger partial charge on any atom is 0.191 e. The van der Waals surface area contributed by atoms with Gasteiger partial charge in [-0.2, -0.15) is 0 Å². The lowest BCUT2D eigenvalue weighted by Gasteiger charge is -2.12. The molecule has 0 saturated heterocycles. The van der Waals surface area contributed by atoms with Gasteiger partial charge in [0, 0.05) is 26.4 Å². The van der Waals surface area contributed by atoms with E-state index in [4.69, 9.17) is 0 Å². The number of aromatic hydroxyl groups is 1. The average Bonchev–Trinajstić information content (AvgIpc) is 2.60. The minimum absolute atomic E-state index is 0. The molecular formula is C18H23FIN3O3S. The van der Waals surface area contributed by atoms with E-state index < -0.39 is 15.7 Å². The van der Waals surface area contributed by atoms with Crippen LogP contribution < -0.4 is 10.6 Å². The van der Waals surface area contributed by atoms with Crippen LogP contribution in [0.2, 0.25) is 0 Å². The van der Waals surface area contributed by atoms with Crippen molar-refractivity contribution < 1.29 is 17.9 Å². The van der Waals surface area contributed by atoms with Crippen molar-refractivity contribution >= 4 is 39.8 Å². The number of guanidine groups is 1. The molecule has 3 N–H and O–H groups in total. The number of nitrogens with zero attached hydrogens (tertiary/aromatic N) is 1. The van der Waals surface area contributed by atoms with Crippen molar-refractivity contribution in [1.82, 2.24) is 10.6 Å². The number of benzene rings is 2. The molecule has 0 spiro atoms. The average molecular weight is 507 g/mol. The molecule has 9 heteroatoms. The summed E-state index contributed by atoms with van der Waals surface area (Å²) < 4.78 is 36.2. The number of hydrogen-bond donors (Lipinski definition) is 3. The van der Waals surface area contributed by atoms with Gasteiger partial charge in [-0.1, -0.05) is 18.2 Å². The first-order chi connectivity index (χ1) is 12.3. The van der Waals surface area contributed by atoms with Crippen molar-refractivity contribution in [3.63, 3.8) is 0 Å². The van der Waals surface area contributed by atoms with Gasteiger partial charge in [-0.25, -0.2) is 12.8 Å². The number of halogens is 2. The quantitative estimate of drug-likeness (QED) is 0.318. The SMILES string of the molecule is CN=C(NCCc1ccc(S(C)(=O)=O)cc1)NCc1ccc(O)c(F)c1.I. The van der Waals surface area contributed by atoms with E-state index in [2.05, 4.69) is 15.6 Å². The van der Waals surface area contributed by atoms with Crippen LogP contribution in [0.25, 0.3) is 0 Å². The van der Waals surface area contributed by atoms with Gasteiger partial charge in [-0.05, 0) is 41.8 Å². The predicted octanol–water partition coefficient (Wildman–Crippen LogP) is 2.46. The Morgan fingerprint density at radius 2 is 1.74 bits per heavy atom. The lowest BCUT2D eigenvalue weighted by atomic mass is 10.1. The van der Waals surface area contributed by atoms with Crippen LogP contribution in [0.3, 0.4) is 0 Å². The molecule has 0 radical (unpaired) electrons. The predicted molar refractivity (Wildman–Crippen MR) is 115 cm³/mol. The molecule has 148 valence electrons. The largest absolute Gasteiger partial charge is 0.505 e. The molecular weight excluding hydrogens is 484 g/mol. The van der Waals surface area contributed by atoms with E-state index in [1.807, 2.05) is 0 Å². The maximum atomic E-state index is 13.3. The fourth-order valence-corrected chi connectivity index (χ4v) is 2.93. The number of phenols is 1. The summed E-state index contributed by atoms with van der Waals surface area (Å²) in [5.41, 5.74) is 1.68. The van der Waals surface area contributed by atoms with Gasteiger partial charge in [-0.15, -0.1) is 24.0 Å². The number of phenolic OH excluding ortho intramolecular Hbond substituents is 1. The van der Waals surface area contributed by atoms with E-state index in [0.717, 1.165) is 5.56 Å². The smallest absolute Gasteiger partial charge is 0.191 e. The van der Waals surface area contributed by atoms with Crippen LogP contribution in [-0.4, -0.2) is 39.3 Å². The van der Waals surface area contributed by atoms with E-state index >= 15 is 0 Å². The van der Waals surface area contributed by atoms with Crippen LogP contribution in [-0.2, 0) is 22.8 Å². The zero-order valence-corrected chi connectivity index (χ0v) is 18.2. The van der Waals surface area contributed by atoms with Crippen LogP contribution >= 0.6 is 24.0 Å². The number of sulfone groups is 1. The fourth-order valence-electron chi connectivity index (χ4n) is 2.30. The number of rotatable bonds is 6. The molecule has 0 fully saturated rings. The topological polar surface area (TPSA) is 90.8 Å². The highest BCUT2D eigenvalue weighted by Crippen LogP contribution is 2.15. The Morgan fingerprint density at radius 1 is 1.11 bits per heavy atom. The Labute approximate surface area is 175 Å². The summed E-state index contributed by atoms with van der Waals surface area (Å²) in [4.78, 5) is 4.39. The Bertz CT molecular complexity index is 887. The maximum absolute atomic E-state index is 13.3. The van der Waals surface area contributed by atoms with E-state index in [1.165, 1.54) is 18.4 Å².